The van der Waals surface area contributed by atoms with Crippen molar-refractivity contribution in [2.75, 3.05) is 5.32 Å². The second-order valence-corrected chi connectivity index (χ2v) is 6.13. The molecule has 9 heteroatoms. The number of nitrogens with zero attached hydrogens (tertiary/aromatic N) is 3. The summed E-state index contributed by atoms with van der Waals surface area (Å²) in [6.07, 6.45) is 1.14. The van der Waals surface area contributed by atoms with Crippen LogP contribution in [0.25, 0.3) is 11.3 Å². The molecule has 0 saturated heterocycles. The van der Waals surface area contributed by atoms with Gasteiger partial charge >= 0.3 is 5.97 Å². The molecule has 0 unspecified atom stereocenters. The van der Waals surface area contributed by atoms with E-state index in [9.17, 15) is 9.59 Å². The van der Waals surface area contributed by atoms with Crippen molar-refractivity contribution >= 4 is 39.9 Å². The number of hydrogen-bond donors (Lipinski definition) is 2. The lowest BCUT2D eigenvalue weighted by molar-refractivity contribution is 0.0692. The average molecular weight is 363 g/mol. The molecular formula is C15H11ClN4O3S. The molecule has 0 saturated carbocycles. The molecular weight excluding hydrogens is 352 g/mol. The highest BCUT2D eigenvalue weighted by Gasteiger charge is 2.22. The first-order valence-corrected chi connectivity index (χ1v) is 7.99. The Kier molecular flexibility index (Phi) is 4.32. The summed E-state index contributed by atoms with van der Waals surface area (Å²) >= 11 is 7.10. The van der Waals surface area contributed by atoms with E-state index < -0.39 is 11.9 Å². The molecule has 3 rings (SSSR count). The van der Waals surface area contributed by atoms with Gasteiger partial charge in [-0.25, -0.2) is 9.78 Å². The Morgan fingerprint density at radius 2 is 2.00 bits per heavy atom. The number of aryl methyl sites for hydroxylation is 1. The predicted molar refractivity (Wildman–Crippen MR) is 90.7 cm³/mol. The Morgan fingerprint density at radius 1 is 1.29 bits per heavy atom. The lowest BCUT2D eigenvalue weighted by atomic mass is 10.2. The molecule has 122 valence electrons. The summed E-state index contributed by atoms with van der Waals surface area (Å²) < 4.78 is 1.21. The summed E-state index contributed by atoms with van der Waals surface area (Å²) in [7, 11) is 1.50. The summed E-state index contributed by atoms with van der Waals surface area (Å²) in [6, 6.07) is 7.16. The summed E-state index contributed by atoms with van der Waals surface area (Å²) in [4.78, 5) is 27.8. The van der Waals surface area contributed by atoms with E-state index in [0.29, 0.717) is 15.8 Å². The largest absolute Gasteiger partial charge is 0.478 e. The SMILES string of the molecule is Cn1ncc(C(=O)O)c1C(=O)Nc1nc(-c2ccc(Cl)cc2)cs1. The Balaban J connectivity index is 1.82. The number of carboxylic acid groups (broad SMARTS) is 1. The molecule has 1 amide bonds. The van der Waals surface area contributed by atoms with Crippen molar-refractivity contribution in [3.05, 3.63) is 52.1 Å². The van der Waals surface area contributed by atoms with Gasteiger partial charge in [0.15, 0.2) is 5.13 Å². The molecule has 3 aromatic rings. The van der Waals surface area contributed by atoms with E-state index in [2.05, 4.69) is 15.4 Å². The molecule has 7 nitrogen and oxygen atoms in total. The zero-order chi connectivity index (χ0) is 17.3. The van der Waals surface area contributed by atoms with E-state index in [0.717, 1.165) is 11.8 Å². The van der Waals surface area contributed by atoms with Crippen LogP contribution in [0.4, 0.5) is 5.13 Å². The van der Waals surface area contributed by atoms with E-state index in [1.54, 1.807) is 17.5 Å². The number of carbonyl (C=O) groups excluding carboxylic acids is 1. The molecule has 0 radical (unpaired) electrons. The predicted octanol–water partition coefficient (Wildman–Crippen LogP) is 3.15. The molecule has 24 heavy (non-hydrogen) atoms. The van der Waals surface area contributed by atoms with Crippen LogP contribution in [0, 0.1) is 0 Å². The van der Waals surface area contributed by atoms with Crippen LogP contribution in [-0.4, -0.2) is 31.7 Å². The molecule has 0 aliphatic rings. The van der Waals surface area contributed by atoms with Gasteiger partial charge in [-0.2, -0.15) is 5.10 Å². The van der Waals surface area contributed by atoms with Gasteiger partial charge in [0.2, 0.25) is 0 Å². The van der Waals surface area contributed by atoms with Crippen LogP contribution in [0.15, 0.2) is 35.8 Å². The molecule has 2 N–H and O–H groups in total. The molecule has 0 aliphatic carbocycles. The second-order valence-electron chi connectivity index (χ2n) is 4.83. The van der Waals surface area contributed by atoms with E-state index in [1.807, 2.05) is 12.1 Å². The molecule has 0 fully saturated rings. The van der Waals surface area contributed by atoms with E-state index in [1.165, 1.54) is 23.1 Å². The molecule has 2 aromatic heterocycles. The monoisotopic (exact) mass is 362 g/mol. The highest BCUT2D eigenvalue weighted by Crippen LogP contribution is 2.26. The van der Waals surface area contributed by atoms with Crippen LogP contribution in [0.5, 0.6) is 0 Å². The van der Waals surface area contributed by atoms with Crippen molar-refractivity contribution in [1.82, 2.24) is 14.8 Å². The number of carbonyl (C=O) groups is 2. The van der Waals surface area contributed by atoms with Gasteiger partial charge in [-0.05, 0) is 12.1 Å². The first-order valence-electron chi connectivity index (χ1n) is 6.74. The van der Waals surface area contributed by atoms with Gasteiger partial charge in [-0.3, -0.25) is 14.8 Å². The molecule has 2 heterocycles. The van der Waals surface area contributed by atoms with Gasteiger partial charge < -0.3 is 5.11 Å². The second kappa shape index (κ2) is 6.42. The maximum atomic E-state index is 12.3. The number of amides is 1. The van der Waals surface area contributed by atoms with Gasteiger partial charge in [0.25, 0.3) is 5.91 Å². The van der Waals surface area contributed by atoms with Crippen molar-refractivity contribution in [2.45, 2.75) is 0 Å². The molecule has 0 spiro atoms. The van der Waals surface area contributed by atoms with Crippen LogP contribution in [0.3, 0.4) is 0 Å². The number of carboxylic acids is 1. The Hall–Kier alpha value is -2.71. The number of aromatic nitrogens is 3. The van der Waals surface area contributed by atoms with Crippen molar-refractivity contribution in [3.63, 3.8) is 0 Å². The minimum Gasteiger partial charge on any atom is -0.478 e. The Labute approximate surface area is 145 Å². The topological polar surface area (TPSA) is 97.1 Å². The highest BCUT2D eigenvalue weighted by atomic mass is 35.5. The lowest BCUT2D eigenvalue weighted by Gasteiger charge is -2.03. The smallest absolute Gasteiger partial charge is 0.339 e. The van der Waals surface area contributed by atoms with E-state index in [4.69, 9.17) is 16.7 Å². The maximum absolute atomic E-state index is 12.3. The molecule has 0 bridgehead atoms. The number of anilines is 1. The number of nitrogens with one attached hydrogen (secondary N) is 1. The fourth-order valence-electron chi connectivity index (χ4n) is 2.10. The number of hydrogen-bond acceptors (Lipinski definition) is 5. The lowest BCUT2D eigenvalue weighted by Crippen LogP contribution is -2.19. The summed E-state index contributed by atoms with van der Waals surface area (Å²) in [6.45, 7) is 0. The first kappa shape index (κ1) is 16.2. The molecule has 0 atom stereocenters. The van der Waals surface area contributed by atoms with Gasteiger partial charge in [0, 0.05) is 23.0 Å². The van der Waals surface area contributed by atoms with Crippen LogP contribution in [0.2, 0.25) is 5.02 Å². The number of benzene rings is 1. The van der Waals surface area contributed by atoms with Crippen LogP contribution in [-0.2, 0) is 7.05 Å². The van der Waals surface area contributed by atoms with Crippen LogP contribution >= 0.6 is 22.9 Å². The fourth-order valence-corrected chi connectivity index (χ4v) is 2.94. The van der Waals surface area contributed by atoms with Crippen LogP contribution < -0.4 is 5.32 Å². The Bertz CT molecular complexity index is 917. The minimum atomic E-state index is -1.21. The highest BCUT2D eigenvalue weighted by molar-refractivity contribution is 7.14. The van der Waals surface area contributed by atoms with Crippen molar-refractivity contribution in [3.8, 4) is 11.3 Å². The third-order valence-corrected chi connectivity index (χ3v) is 4.26. The summed E-state index contributed by atoms with van der Waals surface area (Å²) in [5.74, 6) is -1.79. The zero-order valence-corrected chi connectivity index (χ0v) is 13.9. The number of halogens is 1. The van der Waals surface area contributed by atoms with E-state index in [-0.39, 0.29) is 11.3 Å². The van der Waals surface area contributed by atoms with Crippen molar-refractivity contribution < 1.29 is 14.7 Å². The fraction of sp³-hybridized carbons (Fsp3) is 0.0667. The number of thiazole rings is 1. The summed E-state index contributed by atoms with van der Waals surface area (Å²) in [5.41, 5.74) is 1.36. The quantitative estimate of drug-likeness (QED) is 0.743. The summed E-state index contributed by atoms with van der Waals surface area (Å²) in [5, 5.41) is 18.3. The third-order valence-electron chi connectivity index (χ3n) is 3.25. The standard InChI is InChI=1S/C15H11ClN4O3S/c1-20-12(10(6-17-20)14(22)23)13(21)19-15-18-11(7-24-15)8-2-4-9(16)5-3-8/h2-7H,1H3,(H,22,23)(H,18,19,21). The Morgan fingerprint density at radius 3 is 2.67 bits per heavy atom. The minimum absolute atomic E-state index is 0.0363. The van der Waals surface area contributed by atoms with Gasteiger partial charge in [-0.1, -0.05) is 23.7 Å². The number of aromatic carboxylic acids is 1. The molecule has 0 aliphatic heterocycles. The van der Waals surface area contributed by atoms with Crippen LogP contribution in [0.1, 0.15) is 20.8 Å². The molecule has 1 aromatic carbocycles. The normalized spacial score (nSPS) is 10.6. The van der Waals surface area contributed by atoms with E-state index >= 15 is 0 Å². The van der Waals surface area contributed by atoms with Crippen molar-refractivity contribution in [2.24, 2.45) is 7.05 Å². The van der Waals surface area contributed by atoms with Gasteiger partial charge in [-0.15, -0.1) is 11.3 Å². The first-order chi connectivity index (χ1) is 11.5. The average Bonchev–Trinajstić information content (AvgIpc) is 3.14. The van der Waals surface area contributed by atoms with Crippen molar-refractivity contribution in [1.29, 1.82) is 0 Å². The third kappa shape index (κ3) is 3.15. The van der Waals surface area contributed by atoms with Gasteiger partial charge in [0.05, 0.1) is 11.9 Å². The maximum Gasteiger partial charge on any atom is 0.339 e. The zero-order valence-electron chi connectivity index (χ0n) is 12.4. The number of rotatable bonds is 4. The van der Waals surface area contributed by atoms with Gasteiger partial charge in [0.1, 0.15) is 11.3 Å².